The predicted molar refractivity (Wildman–Crippen MR) is 70.7 cm³/mol. The minimum absolute atomic E-state index is 0. The van der Waals surface area contributed by atoms with Crippen molar-refractivity contribution in [1.82, 2.24) is 0 Å². The van der Waals surface area contributed by atoms with Crippen molar-refractivity contribution in [3.8, 4) is 0 Å². The van der Waals surface area contributed by atoms with Gasteiger partial charge >= 0.3 is 23.1 Å². The summed E-state index contributed by atoms with van der Waals surface area (Å²) in [6.07, 6.45) is 7.99. The third kappa shape index (κ3) is 31.3. The van der Waals surface area contributed by atoms with Crippen LogP contribution in [0.4, 0.5) is 0 Å². The van der Waals surface area contributed by atoms with Crippen LogP contribution in [0.25, 0.3) is 0 Å². The summed E-state index contributed by atoms with van der Waals surface area (Å²) in [5.74, 6) is 2.28. The second kappa shape index (κ2) is 24.6. The van der Waals surface area contributed by atoms with Crippen molar-refractivity contribution in [2.24, 2.45) is 0 Å². The molecule has 0 rings (SSSR count). The fraction of sp³-hybridized carbons (Fsp3) is 1.00. The van der Waals surface area contributed by atoms with Gasteiger partial charge in [0, 0.05) is 0 Å². The van der Waals surface area contributed by atoms with Gasteiger partial charge in [-0.1, -0.05) is 12.8 Å². The van der Waals surface area contributed by atoms with Gasteiger partial charge in [-0.2, -0.15) is 23.5 Å². The first-order valence-corrected chi connectivity index (χ1v) is 7.76. The van der Waals surface area contributed by atoms with Crippen LogP contribution in [0.5, 0.6) is 0 Å². The third-order valence-electron chi connectivity index (χ3n) is 1.49. The summed E-state index contributed by atoms with van der Waals surface area (Å²) >= 11 is 3.61. The molecular weight excluding hydrogens is 241 g/mol. The van der Waals surface area contributed by atoms with E-state index < -0.39 is 0 Å². The molecule has 0 aliphatic rings. The molecule has 0 radical (unpaired) electrons. The Bertz CT molecular complexity index is 69.8. The molecule has 0 heterocycles. The van der Waals surface area contributed by atoms with Gasteiger partial charge in [0.05, 0.1) is 0 Å². The van der Waals surface area contributed by atoms with Crippen LogP contribution in [-0.2, 0) is 0 Å². The van der Waals surface area contributed by atoms with Crippen molar-refractivity contribution >= 4 is 46.6 Å². The van der Waals surface area contributed by atoms with Gasteiger partial charge < -0.3 is 10.2 Å². The van der Waals surface area contributed by atoms with Crippen molar-refractivity contribution in [1.29, 1.82) is 0 Å². The maximum Gasteiger partial charge on any atom is 2.00 e. The fourth-order valence-electron chi connectivity index (χ4n) is 0.697. The van der Waals surface area contributed by atoms with Crippen LogP contribution < -0.4 is 10.2 Å². The normalized spacial score (nSPS) is 8.80. The zero-order chi connectivity index (χ0) is 11.1. The van der Waals surface area contributed by atoms with Crippen molar-refractivity contribution in [3.05, 3.63) is 0 Å². The number of thioether (sulfide) groups is 2. The molecule has 0 fully saturated rings. The fourth-order valence-corrected chi connectivity index (χ4v) is 1.68. The molecule has 0 aromatic rings. The largest absolute Gasteiger partial charge is 2.00 e. The van der Waals surface area contributed by atoms with E-state index in [4.69, 9.17) is 0 Å². The summed E-state index contributed by atoms with van der Waals surface area (Å²) in [7, 11) is 0. The SMILES string of the molecule is CSCCCC[O-].CSCCCC[O-].[Mg+2]. The van der Waals surface area contributed by atoms with Gasteiger partial charge in [0.25, 0.3) is 0 Å². The van der Waals surface area contributed by atoms with Crippen molar-refractivity contribution < 1.29 is 10.2 Å². The molecule has 5 heteroatoms. The average molecular weight is 263 g/mol. The Kier molecular flexibility index (Phi) is 35.4. The summed E-state index contributed by atoms with van der Waals surface area (Å²) in [4.78, 5) is 0. The predicted octanol–water partition coefficient (Wildman–Crippen LogP) is 0.599. The molecule has 0 saturated heterocycles. The first-order chi connectivity index (χ1) is 6.83. The second-order valence-electron chi connectivity index (χ2n) is 2.81. The van der Waals surface area contributed by atoms with Crippen LogP contribution in [0.15, 0.2) is 0 Å². The molecule has 0 saturated carbocycles. The molecule has 0 aliphatic carbocycles. The van der Waals surface area contributed by atoms with Gasteiger partial charge in [0.1, 0.15) is 0 Å². The third-order valence-corrected chi connectivity index (χ3v) is 2.88. The molecule has 88 valence electrons. The minimum atomic E-state index is 0. The van der Waals surface area contributed by atoms with Gasteiger partial charge in [0.2, 0.25) is 0 Å². The van der Waals surface area contributed by atoms with Crippen molar-refractivity contribution in [2.75, 3.05) is 37.2 Å². The maximum atomic E-state index is 9.80. The molecule has 0 spiro atoms. The van der Waals surface area contributed by atoms with Crippen molar-refractivity contribution in [2.45, 2.75) is 25.7 Å². The molecule has 2 nitrogen and oxygen atoms in total. The Morgan fingerprint density at radius 3 is 1.27 bits per heavy atom. The molecular formula is C10H22MgO2S2. The van der Waals surface area contributed by atoms with E-state index in [1.54, 1.807) is 23.5 Å². The number of hydrogen-bond donors (Lipinski definition) is 0. The van der Waals surface area contributed by atoms with E-state index in [1.807, 2.05) is 0 Å². The first kappa shape index (κ1) is 21.6. The summed E-state index contributed by atoms with van der Waals surface area (Å²) in [5, 5.41) is 19.6. The van der Waals surface area contributed by atoms with E-state index in [2.05, 4.69) is 12.5 Å². The monoisotopic (exact) mass is 262 g/mol. The smallest absolute Gasteiger partial charge is 0.854 e. The number of unbranched alkanes of at least 4 members (excludes halogenated alkanes) is 2. The number of hydrogen-bond acceptors (Lipinski definition) is 4. The second-order valence-corrected chi connectivity index (χ2v) is 4.78. The van der Waals surface area contributed by atoms with Crippen LogP contribution in [0.2, 0.25) is 0 Å². The van der Waals surface area contributed by atoms with Gasteiger partial charge in [0.15, 0.2) is 0 Å². The van der Waals surface area contributed by atoms with Crippen LogP contribution in [0.3, 0.4) is 0 Å². The molecule has 0 aliphatic heterocycles. The Morgan fingerprint density at radius 2 is 1.07 bits per heavy atom. The maximum absolute atomic E-state index is 9.80. The topological polar surface area (TPSA) is 46.1 Å². The van der Waals surface area contributed by atoms with Crippen LogP contribution in [0, 0.1) is 0 Å². The van der Waals surface area contributed by atoms with E-state index in [9.17, 15) is 10.2 Å². The summed E-state index contributed by atoms with van der Waals surface area (Å²) in [6.45, 7) is 0.196. The Morgan fingerprint density at radius 1 is 0.733 bits per heavy atom. The molecule has 0 amide bonds. The van der Waals surface area contributed by atoms with Crippen LogP contribution in [-0.4, -0.2) is 60.3 Å². The Hall–Kier alpha value is 1.39. The number of rotatable bonds is 8. The summed E-state index contributed by atoms with van der Waals surface area (Å²) in [5.41, 5.74) is 0. The van der Waals surface area contributed by atoms with Crippen LogP contribution in [0.1, 0.15) is 25.7 Å². The van der Waals surface area contributed by atoms with E-state index in [-0.39, 0.29) is 36.3 Å². The average Bonchev–Trinajstić information content (AvgIpc) is 2.21. The molecule has 0 bridgehead atoms. The molecule has 0 unspecified atom stereocenters. The Labute approximate surface area is 119 Å². The zero-order valence-electron chi connectivity index (χ0n) is 10.00. The molecule has 15 heavy (non-hydrogen) atoms. The van der Waals surface area contributed by atoms with E-state index in [0.29, 0.717) is 0 Å². The first-order valence-electron chi connectivity index (χ1n) is 4.97. The summed E-state index contributed by atoms with van der Waals surface area (Å²) in [6, 6.07) is 0. The van der Waals surface area contributed by atoms with Gasteiger partial charge in [-0.3, -0.25) is 0 Å². The Balaban J connectivity index is -0.000000180. The van der Waals surface area contributed by atoms with Gasteiger partial charge in [-0.05, 0) is 36.9 Å². The molecule has 0 aromatic carbocycles. The van der Waals surface area contributed by atoms with Gasteiger partial charge in [-0.15, -0.1) is 13.2 Å². The van der Waals surface area contributed by atoms with E-state index >= 15 is 0 Å². The standard InChI is InChI=1S/2C5H11OS.Mg/c2*1-7-5-3-2-4-6;/h2*2-5H2,1H3;/q2*-1;+2. The van der Waals surface area contributed by atoms with E-state index in [1.165, 1.54) is 0 Å². The summed E-state index contributed by atoms with van der Waals surface area (Å²) < 4.78 is 0. The zero-order valence-corrected chi connectivity index (χ0v) is 13.0. The molecule has 0 atom stereocenters. The quantitative estimate of drug-likeness (QED) is 0.475. The minimum Gasteiger partial charge on any atom is -0.854 e. The van der Waals surface area contributed by atoms with Gasteiger partial charge in [-0.25, -0.2) is 0 Å². The molecule has 0 N–H and O–H groups in total. The molecule has 0 aromatic heterocycles. The van der Waals surface area contributed by atoms with Crippen molar-refractivity contribution in [3.63, 3.8) is 0 Å². The van der Waals surface area contributed by atoms with Crippen LogP contribution >= 0.6 is 23.5 Å². The van der Waals surface area contributed by atoms with E-state index in [0.717, 1.165) is 37.2 Å².